The first-order valence-electron chi connectivity index (χ1n) is 8.58. The molecule has 10 nitrogen and oxygen atoms in total. The van der Waals surface area contributed by atoms with Crippen LogP contribution in [0.15, 0.2) is 49.1 Å². The number of para-hydroxylation sites is 1. The van der Waals surface area contributed by atoms with Crippen molar-refractivity contribution < 1.29 is 9.59 Å². The molecular formula is C17H18N8O2. The van der Waals surface area contributed by atoms with Gasteiger partial charge < -0.3 is 9.80 Å². The maximum absolute atomic E-state index is 12.7. The Morgan fingerprint density at radius 3 is 2.44 bits per heavy atom. The van der Waals surface area contributed by atoms with Crippen molar-refractivity contribution in [3.63, 3.8) is 0 Å². The highest BCUT2D eigenvalue weighted by atomic mass is 16.2. The van der Waals surface area contributed by atoms with Gasteiger partial charge >= 0.3 is 0 Å². The molecule has 0 aliphatic carbocycles. The Kier molecular flexibility index (Phi) is 4.60. The number of aromatic nitrogens is 6. The molecular weight excluding hydrogens is 348 g/mol. The van der Waals surface area contributed by atoms with Gasteiger partial charge in [0.25, 0.3) is 5.91 Å². The fourth-order valence-electron chi connectivity index (χ4n) is 2.99. The van der Waals surface area contributed by atoms with Crippen LogP contribution in [0, 0.1) is 0 Å². The first-order valence-corrected chi connectivity index (χ1v) is 8.58. The van der Waals surface area contributed by atoms with Crippen molar-refractivity contribution in [2.75, 3.05) is 26.2 Å². The molecule has 1 aliphatic rings. The summed E-state index contributed by atoms with van der Waals surface area (Å²) in [5, 5.41) is 15.0. The second-order valence-corrected chi connectivity index (χ2v) is 6.19. The van der Waals surface area contributed by atoms with Gasteiger partial charge in [0.15, 0.2) is 0 Å². The van der Waals surface area contributed by atoms with Crippen molar-refractivity contribution >= 4 is 11.8 Å². The van der Waals surface area contributed by atoms with Crippen LogP contribution in [0.1, 0.15) is 10.4 Å². The van der Waals surface area contributed by atoms with Gasteiger partial charge in [0.1, 0.15) is 12.9 Å². The van der Waals surface area contributed by atoms with Crippen molar-refractivity contribution in [2.24, 2.45) is 0 Å². The molecule has 138 valence electrons. The van der Waals surface area contributed by atoms with Gasteiger partial charge in [-0.1, -0.05) is 18.2 Å². The Morgan fingerprint density at radius 2 is 1.74 bits per heavy atom. The van der Waals surface area contributed by atoms with Crippen molar-refractivity contribution in [2.45, 2.75) is 6.54 Å². The first-order chi connectivity index (χ1) is 13.2. The van der Waals surface area contributed by atoms with Crippen LogP contribution < -0.4 is 0 Å². The molecule has 27 heavy (non-hydrogen) atoms. The van der Waals surface area contributed by atoms with Gasteiger partial charge in [-0.2, -0.15) is 5.10 Å². The van der Waals surface area contributed by atoms with E-state index in [1.54, 1.807) is 26.9 Å². The SMILES string of the molecule is O=C(Cn1cnnn1)N1CCN(C(=O)c2cnn(-c3ccccc3)c2)CC1. The third kappa shape index (κ3) is 3.68. The normalized spacial score (nSPS) is 14.4. The molecule has 10 heteroatoms. The maximum atomic E-state index is 12.7. The number of hydrogen-bond acceptors (Lipinski definition) is 6. The quantitative estimate of drug-likeness (QED) is 0.636. The lowest BCUT2D eigenvalue weighted by molar-refractivity contribution is -0.133. The molecule has 0 saturated carbocycles. The van der Waals surface area contributed by atoms with Gasteiger partial charge in [-0.15, -0.1) is 5.10 Å². The standard InChI is InChI=1S/C17H18N8O2/c26-16(12-24-13-18-20-21-24)22-6-8-23(9-7-22)17(27)14-10-19-25(11-14)15-4-2-1-3-5-15/h1-5,10-11,13H,6-9,12H2. The van der Waals surface area contributed by atoms with Crippen molar-refractivity contribution in [1.29, 1.82) is 0 Å². The lowest BCUT2D eigenvalue weighted by Gasteiger charge is -2.34. The number of carbonyl (C=O) groups excluding carboxylic acids is 2. The Balaban J connectivity index is 1.35. The predicted octanol–water partition coefficient (Wildman–Crippen LogP) is -0.157. The minimum absolute atomic E-state index is 0.0636. The summed E-state index contributed by atoms with van der Waals surface area (Å²) in [5.41, 5.74) is 1.43. The molecule has 3 heterocycles. The van der Waals surface area contributed by atoms with E-state index in [1.165, 1.54) is 11.0 Å². The van der Waals surface area contributed by atoms with Gasteiger partial charge in [-0.25, -0.2) is 9.36 Å². The summed E-state index contributed by atoms with van der Waals surface area (Å²) in [5.74, 6) is -0.143. The highest BCUT2D eigenvalue weighted by molar-refractivity contribution is 5.94. The monoisotopic (exact) mass is 366 g/mol. The summed E-state index contributed by atoms with van der Waals surface area (Å²) in [4.78, 5) is 28.4. The minimum Gasteiger partial charge on any atom is -0.338 e. The maximum Gasteiger partial charge on any atom is 0.257 e. The van der Waals surface area contributed by atoms with E-state index in [1.807, 2.05) is 30.3 Å². The fraction of sp³-hybridized carbons (Fsp3) is 0.294. The van der Waals surface area contributed by atoms with Crippen molar-refractivity contribution in [1.82, 2.24) is 39.8 Å². The average Bonchev–Trinajstić information content (AvgIpc) is 3.40. The molecule has 0 atom stereocenters. The van der Waals surface area contributed by atoms with E-state index in [0.29, 0.717) is 31.7 Å². The number of hydrogen-bond donors (Lipinski definition) is 0. The Hall–Kier alpha value is -3.56. The van der Waals surface area contributed by atoms with Gasteiger partial charge in [-0.05, 0) is 22.6 Å². The summed E-state index contributed by atoms with van der Waals surface area (Å²) >= 11 is 0. The van der Waals surface area contributed by atoms with Gasteiger partial charge in [0.05, 0.1) is 17.4 Å². The number of tetrazole rings is 1. The van der Waals surface area contributed by atoms with Crippen LogP contribution in [0.3, 0.4) is 0 Å². The van der Waals surface area contributed by atoms with E-state index in [9.17, 15) is 9.59 Å². The van der Waals surface area contributed by atoms with E-state index in [4.69, 9.17) is 0 Å². The van der Waals surface area contributed by atoms with E-state index in [2.05, 4.69) is 20.6 Å². The molecule has 1 saturated heterocycles. The van der Waals surface area contributed by atoms with Gasteiger partial charge in [0.2, 0.25) is 5.91 Å². The third-order valence-electron chi connectivity index (χ3n) is 4.46. The molecule has 1 fully saturated rings. The highest BCUT2D eigenvalue weighted by Crippen LogP contribution is 2.12. The minimum atomic E-state index is -0.0789. The highest BCUT2D eigenvalue weighted by Gasteiger charge is 2.25. The Labute approximate surface area is 155 Å². The summed E-state index contributed by atoms with van der Waals surface area (Å²) < 4.78 is 3.07. The van der Waals surface area contributed by atoms with Crippen LogP contribution in [0.5, 0.6) is 0 Å². The largest absolute Gasteiger partial charge is 0.338 e. The molecule has 0 N–H and O–H groups in total. The van der Waals surface area contributed by atoms with E-state index in [0.717, 1.165) is 5.69 Å². The van der Waals surface area contributed by atoms with Crippen LogP contribution >= 0.6 is 0 Å². The third-order valence-corrected chi connectivity index (χ3v) is 4.46. The van der Waals surface area contributed by atoms with E-state index in [-0.39, 0.29) is 18.4 Å². The summed E-state index contributed by atoms with van der Waals surface area (Å²) in [6, 6.07) is 9.63. The van der Waals surface area contributed by atoms with Crippen LogP contribution in [-0.4, -0.2) is 77.8 Å². The van der Waals surface area contributed by atoms with E-state index >= 15 is 0 Å². The molecule has 0 bridgehead atoms. The lowest BCUT2D eigenvalue weighted by atomic mass is 10.2. The zero-order chi connectivity index (χ0) is 18.6. The summed E-state index contributed by atoms with van der Waals surface area (Å²) in [7, 11) is 0. The molecule has 1 aromatic carbocycles. The topological polar surface area (TPSA) is 102 Å². The zero-order valence-electron chi connectivity index (χ0n) is 14.5. The first kappa shape index (κ1) is 16.9. The second-order valence-electron chi connectivity index (χ2n) is 6.19. The van der Waals surface area contributed by atoms with Crippen LogP contribution in [0.25, 0.3) is 5.69 Å². The van der Waals surface area contributed by atoms with Crippen LogP contribution in [-0.2, 0) is 11.3 Å². The number of piperazine rings is 1. The molecule has 2 aromatic heterocycles. The van der Waals surface area contributed by atoms with Crippen LogP contribution in [0.2, 0.25) is 0 Å². The smallest absolute Gasteiger partial charge is 0.257 e. The van der Waals surface area contributed by atoms with E-state index < -0.39 is 0 Å². The molecule has 3 aromatic rings. The Morgan fingerprint density at radius 1 is 1.00 bits per heavy atom. The number of nitrogens with zero attached hydrogens (tertiary/aromatic N) is 8. The number of carbonyl (C=O) groups is 2. The molecule has 0 radical (unpaired) electrons. The molecule has 0 spiro atoms. The second kappa shape index (κ2) is 7.36. The van der Waals surface area contributed by atoms with Crippen molar-refractivity contribution in [3.8, 4) is 5.69 Å². The number of amides is 2. The fourth-order valence-corrected chi connectivity index (χ4v) is 2.99. The summed E-state index contributed by atoms with van der Waals surface area (Å²) in [6.45, 7) is 2.04. The van der Waals surface area contributed by atoms with Crippen LogP contribution in [0.4, 0.5) is 0 Å². The van der Waals surface area contributed by atoms with Gasteiger partial charge in [0, 0.05) is 32.4 Å². The van der Waals surface area contributed by atoms with Crippen molar-refractivity contribution in [3.05, 3.63) is 54.6 Å². The molecule has 0 unspecified atom stereocenters. The zero-order valence-corrected chi connectivity index (χ0v) is 14.5. The summed E-state index contributed by atoms with van der Waals surface area (Å²) in [6.07, 6.45) is 4.71. The Bertz CT molecular complexity index is 914. The van der Waals surface area contributed by atoms with Gasteiger partial charge in [-0.3, -0.25) is 9.59 Å². The lowest BCUT2D eigenvalue weighted by Crippen LogP contribution is -2.51. The predicted molar refractivity (Wildman–Crippen MR) is 93.9 cm³/mol. The number of rotatable bonds is 4. The molecule has 1 aliphatic heterocycles. The number of benzene rings is 1. The molecule has 2 amide bonds. The molecule has 4 rings (SSSR count). The average molecular weight is 366 g/mol.